The highest BCUT2D eigenvalue weighted by molar-refractivity contribution is 5.75. The number of rotatable bonds is 4. The van der Waals surface area contributed by atoms with E-state index in [4.69, 9.17) is 4.74 Å². The first-order valence-electron chi connectivity index (χ1n) is 11.7. The van der Waals surface area contributed by atoms with Crippen LogP contribution in [-0.4, -0.2) is 91.0 Å². The Bertz CT molecular complexity index is 751. The Labute approximate surface area is 186 Å². The molecule has 4 aliphatic rings. The molecule has 0 aromatic rings. The van der Waals surface area contributed by atoms with Gasteiger partial charge in [0.1, 0.15) is 6.54 Å². The summed E-state index contributed by atoms with van der Waals surface area (Å²) in [5, 5.41) is 2.01. The van der Waals surface area contributed by atoms with E-state index in [1.165, 1.54) is 5.57 Å². The molecule has 2 saturated heterocycles. The monoisotopic (exact) mass is 458 g/mol. The molecule has 1 aliphatic carbocycles. The van der Waals surface area contributed by atoms with Crippen LogP contribution < -0.4 is 5.32 Å². The van der Waals surface area contributed by atoms with Crippen LogP contribution in [0.25, 0.3) is 0 Å². The van der Waals surface area contributed by atoms with Crippen LogP contribution in [0.3, 0.4) is 0 Å². The van der Waals surface area contributed by atoms with Crippen molar-refractivity contribution in [3.05, 3.63) is 11.6 Å². The standard InChI is InChI=1S/C22H33F3N4O3/c1-2-32-20(31)28-11-7-21(15-28)12-17(13-21)27-9-5-16(6-10-27)18-4-3-8-29(18)19(30)26-14-22(23,24)25/h5,17-18H,2-4,6-15H2,1H3,(H,26,30)/t17?,18-,21?/m0/s1. The lowest BCUT2D eigenvalue weighted by molar-refractivity contribution is -0.123. The zero-order chi connectivity index (χ0) is 22.9. The minimum absolute atomic E-state index is 0.0916. The fourth-order valence-corrected chi connectivity index (χ4v) is 5.84. The number of hydrogen-bond acceptors (Lipinski definition) is 4. The molecule has 4 rings (SSSR count). The third kappa shape index (κ3) is 5.00. The van der Waals surface area contributed by atoms with Crippen molar-refractivity contribution in [2.24, 2.45) is 5.41 Å². The average molecular weight is 459 g/mol. The zero-order valence-electron chi connectivity index (χ0n) is 18.6. The van der Waals surface area contributed by atoms with Crippen molar-refractivity contribution in [3.8, 4) is 0 Å². The second-order valence-corrected chi connectivity index (χ2v) is 9.58. The van der Waals surface area contributed by atoms with Crippen molar-refractivity contribution >= 4 is 12.1 Å². The minimum Gasteiger partial charge on any atom is -0.450 e. The first-order chi connectivity index (χ1) is 15.2. The van der Waals surface area contributed by atoms with Gasteiger partial charge in [0.2, 0.25) is 0 Å². The maximum Gasteiger partial charge on any atom is 0.409 e. The topological polar surface area (TPSA) is 65.1 Å². The van der Waals surface area contributed by atoms with Gasteiger partial charge in [0.15, 0.2) is 0 Å². The minimum atomic E-state index is -4.40. The Kier molecular flexibility index (Phi) is 6.61. The third-order valence-electron chi connectivity index (χ3n) is 7.48. The molecule has 3 fully saturated rings. The molecule has 7 nitrogen and oxygen atoms in total. The molecule has 0 radical (unpaired) electrons. The van der Waals surface area contributed by atoms with E-state index in [2.05, 4.69) is 11.0 Å². The molecular weight excluding hydrogens is 425 g/mol. The van der Waals surface area contributed by atoms with Gasteiger partial charge >= 0.3 is 18.3 Å². The van der Waals surface area contributed by atoms with Gasteiger partial charge < -0.3 is 19.9 Å². The van der Waals surface area contributed by atoms with Gasteiger partial charge in [-0.3, -0.25) is 4.90 Å². The molecule has 10 heteroatoms. The number of likely N-dealkylation sites (tertiary alicyclic amines) is 2. The molecule has 0 bridgehead atoms. The number of nitrogens with one attached hydrogen (secondary N) is 1. The Morgan fingerprint density at radius 3 is 2.69 bits per heavy atom. The smallest absolute Gasteiger partial charge is 0.409 e. The van der Waals surface area contributed by atoms with Gasteiger partial charge in [0, 0.05) is 38.8 Å². The molecule has 1 N–H and O–H groups in total. The van der Waals surface area contributed by atoms with E-state index < -0.39 is 18.8 Å². The lowest BCUT2D eigenvalue weighted by atomic mass is 9.64. The molecule has 0 aromatic heterocycles. The van der Waals surface area contributed by atoms with Crippen molar-refractivity contribution in [2.75, 3.05) is 45.9 Å². The van der Waals surface area contributed by atoms with Gasteiger partial charge in [-0.2, -0.15) is 13.2 Å². The zero-order valence-corrected chi connectivity index (χ0v) is 18.6. The maximum absolute atomic E-state index is 12.4. The Morgan fingerprint density at radius 1 is 1.25 bits per heavy atom. The van der Waals surface area contributed by atoms with Crippen LogP contribution in [0.5, 0.6) is 0 Å². The predicted octanol–water partition coefficient (Wildman–Crippen LogP) is 3.37. The lowest BCUT2D eigenvalue weighted by Crippen LogP contribution is -2.54. The summed E-state index contributed by atoms with van der Waals surface area (Å²) in [4.78, 5) is 30.1. The summed E-state index contributed by atoms with van der Waals surface area (Å²) in [7, 11) is 0. The summed E-state index contributed by atoms with van der Waals surface area (Å²) in [6, 6.07) is -0.211. The molecule has 0 aromatic carbocycles. The second kappa shape index (κ2) is 9.11. The van der Waals surface area contributed by atoms with Crippen molar-refractivity contribution in [3.63, 3.8) is 0 Å². The first-order valence-corrected chi connectivity index (χ1v) is 11.7. The molecule has 1 saturated carbocycles. The highest BCUT2D eigenvalue weighted by atomic mass is 19.4. The van der Waals surface area contributed by atoms with Crippen molar-refractivity contribution < 1.29 is 27.5 Å². The number of halogens is 3. The Balaban J connectivity index is 1.26. The number of carbonyl (C=O) groups is 2. The van der Waals surface area contributed by atoms with Gasteiger partial charge in [-0.05, 0) is 56.4 Å². The number of alkyl halides is 3. The number of nitrogens with zero attached hydrogens (tertiary/aromatic N) is 3. The molecule has 1 atom stereocenters. The van der Waals surface area contributed by atoms with E-state index in [9.17, 15) is 22.8 Å². The molecule has 180 valence electrons. The van der Waals surface area contributed by atoms with E-state index >= 15 is 0 Å². The molecule has 3 amide bonds. The van der Waals surface area contributed by atoms with Crippen molar-refractivity contribution in [1.29, 1.82) is 0 Å². The molecule has 3 aliphatic heterocycles. The highest BCUT2D eigenvalue weighted by Gasteiger charge is 2.51. The first kappa shape index (κ1) is 23.2. The predicted molar refractivity (Wildman–Crippen MR) is 112 cm³/mol. The van der Waals surface area contributed by atoms with Crippen LogP contribution >= 0.6 is 0 Å². The molecule has 3 heterocycles. The number of urea groups is 1. The van der Waals surface area contributed by atoms with Gasteiger partial charge in [-0.15, -0.1) is 0 Å². The van der Waals surface area contributed by atoms with Crippen molar-refractivity contribution in [1.82, 2.24) is 20.0 Å². The number of hydrogen-bond donors (Lipinski definition) is 1. The largest absolute Gasteiger partial charge is 0.450 e. The average Bonchev–Trinajstić information content (AvgIpc) is 3.38. The fraction of sp³-hybridized carbons (Fsp3) is 0.818. The molecule has 0 unspecified atom stereocenters. The van der Waals surface area contributed by atoms with E-state index in [0.29, 0.717) is 19.2 Å². The number of ether oxygens (including phenoxy) is 1. The summed E-state index contributed by atoms with van der Waals surface area (Å²) in [6.07, 6.45) is 3.22. The lowest BCUT2D eigenvalue weighted by Gasteiger charge is -2.51. The van der Waals surface area contributed by atoms with Crippen LogP contribution in [0.2, 0.25) is 0 Å². The summed E-state index contributed by atoms with van der Waals surface area (Å²) in [5.41, 5.74) is 1.39. The normalized spacial score (nSPS) is 30.9. The maximum atomic E-state index is 12.4. The number of carbonyl (C=O) groups excluding carboxylic acids is 2. The summed E-state index contributed by atoms with van der Waals surface area (Å²) in [6.45, 7) is 4.69. The summed E-state index contributed by atoms with van der Waals surface area (Å²) < 4.78 is 42.5. The van der Waals surface area contributed by atoms with E-state index in [1.807, 2.05) is 17.1 Å². The van der Waals surface area contributed by atoms with Crippen LogP contribution in [0, 0.1) is 5.41 Å². The van der Waals surface area contributed by atoms with Crippen LogP contribution in [0.4, 0.5) is 22.8 Å². The molecular formula is C22H33F3N4O3. The van der Waals surface area contributed by atoms with Gasteiger partial charge in [0.05, 0.1) is 12.6 Å². The van der Waals surface area contributed by atoms with Crippen LogP contribution in [0.15, 0.2) is 11.6 Å². The number of amides is 3. The van der Waals surface area contributed by atoms with Gasteiger partial charge in [-0.1, -0.05) is 6.08 Å². The molecule has 1 spiro atoms. The fourth-order valence-electron chi connectivity index (χ4n) is 5.84. The highest BCUT2D eigenvalue weighted by Crippen LogP contribution is 2.50. The summed E-state index contributed by atoms with van der Waals surface area (Å²) in [5.74, 6) is 0. The summed E-state index contributed by atoms with van der Waals surface area (Å²) >= 11 is 0. The van der Waals surface area contributed by atoms with E-state index in [0.717, 1.165) is 64.7 Å². The third-order valence-corrected chi connectivity index (χ3v) is 7.48. The van der Waals surface area contributed by atoms with Crippen LogP contribution in [0.1, 0.15) is 45.4 Å². The van der Waals surface area contributed by atoms with Gasteiger partial charge in [-0.25, -0.2) is 9.59 Å². The SMILES string of the molecule is CCOC(=O)N1CCC2(CC(N3CC=C([C@@H]4CCCN4C(=O)NCC(F)(F)F)CC3)C2)C1. The molecule has 32 heavy (non-hydrogen) atoms. The van der Waals surface area contributed by atoms with Crippen LogP contribution in [-0.2, 0) is 4.74 Å². The Hall–Kier alpha value is -1.97. The quantitative estimate of drug-likeness (QED) is 0.657. The Morgan fingerprint density at radius 2 is 2.03 bits per heavy atom. The van der Waals surface area contributed by atoms with E-state index in [-0.39, 0.29) is 17.6 Å². The second-order valence-electron chi connectivity index (χ2n) is 9.58. The van der Waals surface area contributed by atoms with Gasteiger partial charge in [0.25, 0.3) is 0 Å². The van der Waals surface area contributed by atoms with Crippen molar-refractivity contribution in [2.45, 2.75) is 63.7 Å². The van der Waals surface area contributed by atoms with E-state index in [1.54, 1.807) is 4.90 Å².